The molecule has 0 saturated carbocycles. The van der Waals surface area contributed by atoms with Crippen molar-refractivity contribution in [3.05, 3.63) is 27.6 Å². The Morgan fingerprint density at radius 2 is 2.28 bits per heavy atom. The van der Waals surface area contributed by atoms with E-state index in [0.29, 0.717) is 0 Å². The summed E-state index contributed by atoms with van der Waals surface area (Å²) in [5.41, 5.74) is 2.44. The SMILES string of the molecule is COC(=O)Cc1ncc(N)c(C(F)F)c1[N+](=O)[O-]. The third-order valence-electron chi connectivity index (χ3n) is 2.14. The van der Waals surface area contributed by atoms with Crippen LogP contribution >= 0.6 is 0 Å². The normalized spacial score (nSPS) is 10.4. The van der Waals surface area contributed by atoms with E-state index in [1.165, 1.54) is 0 Å². The number of nitrogens with zero attached hydrogens (tertiary/aromatic N) is 2. The van der Waals surface area contributed by atoms with E-state index in [1.807, 2.05) is 0 Å². The second kappa shape index (κ2) is 5.34. The fourth-order valence-electron chi connectivity index (χ4n) is 1.34. The van der Waals surface area contributed by atoms with E-state index >= 15 is 0 Å². The van der Waals surface area contributed by atoms with Crippen molar-refractivity contribution in [2.75, 3.05) is 12.8 Å². The molecule has 1 aromatic rings. The maximum Gasteiger partial charge on any atom is 0.311 e. The molecule has 0 amide bonds. The molecule has 0 radical (unpaired) electrons. The molecular formula is C9H9F2N3O4. The van der Waals surface area contributed by atoms with E-state index in [0.717, 1.165) is 13.3 Å². The molecule has 0 aromatic carbocycles. The Labute approximate surface area is 99.7 Å². The van der Waals surface area contributed by atoms with Crippen LogP contribution in [-0.2, 0) is 16.0 Å². The fourth-order valence-corrected chi connectivity index (χ4v) is 1.34. The third-order valence-corrected chi connectivity index (χ3v) is 2.14. The molecule has 0 fully saturated rings. The van der Waals surface area contributed by atoms with Gasteiger partial charge >= 0.3 is 11.7 Å². The first kappa shape index (κ1) is 13.7. The number of aromatic nitrogens is 1. The van der Waals surface area contributed by atoms with Crippen molar-refractivity contribution in [3.63, 3.8) is 0 Å². The third kappa shape index (κ3) is 2.67. The van der Waals surface area contributed by atoms with Crippen LogP contribution in [0.5, 0.6) is 0 Å². The maximum absolute atomic E-state index is 12.7. The number of ether oxygens (including phenoxy) is 1. The number of methoxy groups -OCH3 is 1. The fraction of sp³-hybridized carbons (Fsp3) is 0.333. The minimum Gasteiger partial charge on any atom is -0.469 e. The molecule has 1 heterocycles. The zero-order chi connectivity index (χ0) is 13.9. The smallest absolute Gasteiger partial charge is 0.311 e. The van der Waals surface area contributed by atoms with Gasteiger partial charge in [-0.3, -0.25) is 19.9 Å². The van der Waals surface area contributed by atoms with Crippen LogP contribution in [0.15, 0.2) is 6.20 Å². The number of carbonyl (C=O) groups is 1. The van der Waals surface area contributed by atoms with Gasteiger partial charge in [0.1, 0.15) is 11.3 Å². The van der Waals surface area contributed by atoms with Gasteiger partial charge in [-0.2, -0.15) is 0 Å². The standard InChI is InChI=1S/C9H9F2N3O4/c1-18-6(15)2-5-8(14(16)17)7(9(10)11)4(12)3-13-5/h3,9H,2,12H2,1H3. The number of alkyl halides is 2. The van der Waals surface area contributed by atoms with Gasteiger partial charge in [0.05, 0.1) is 30.3 Å². The van der Waals surface area contributed by atoms with Crippen molar-refractivity contribution in [2.45, 2.75) is 12.8 Å². The van der Waals surface area contributed by atoms with E-state index in [9.17, 15) is 23.7 Å². The van der Waals surface area contributed by atoms with Crippen molar-refractivity contribution in [3.8, 4) is 0 Å². The van der Waals surface area contributed by atoms with Crippen LogP contribution in [0.3, 0.4) is 0 Å². The average Bonchev–Trinajstić information content (AvgIpc) is 2.29. The van der Waals surface area contributed by atoms with E-state index in [-0.39, 0.29) is 0 Å². The van der Waals surface area contributed by atoms with Gasteiger partial charge in [0, 0.05) is 0 Å². The van der Waals surface area contributed by atoms with Gasteiger partial charge in [-0.1, -0.05) is 0 Å². The quantitative estimate of drug-likeness (QED) is 0.496. The molecule has 0 atom stereocenters. The van der Waals surface area contributed by atoms with Crippen molar-refractivity contribution >= 4 is 17.3 Å². The summed E-state index contributed by atoms with van der Waals surface area (Å²) in [6.07, 6.45) is -2.86. The number of hydrogen-bond donors (Lipinski definition) is 1. The summed E-state index contributed by atoms with van der Waals surface area (Å²) in [5, 5.41) is 10.8. The molecule has 0 unspecified atom stereocenters. The van der Waals surface area contributed by atoms with Crippen LogP contribution in [0.4, 0.5) is 20.2 Å². The van der Waals surface area contributed by atoms with E-state index < -0.39 is 46.4 Å². The molecule has 7 nitrogen and oxygen atoms in total. The lowest BCUT2D eigenvalue weighted by Crippen LogP contribution is -2.12. The van der Waals surface area contributed by atoms with E-state index in [2.05, 4.69) is 9.72 Å². The van der Waals surface area contributed by atoms with Crippen LogP contribution in [0.2, 0.25) is 0 Å². The number of hydrogen-bond acceptors (Lipinski definition) is 6. The lowest BCUT2D eigenvalue weighted by Gasteiger charge is -2.08. The van der Waals surface area contributed by atoms with E-state index in [1.54, 1.807) is 0 Å². The molecule has 1 rings (SSSR count). The molecule has 0 aliphatic carbocycles. The number of esters is 1. The predicted molar refractivity (Wildman–Crippen MR) is 56.0 cm³/mol. The number of rotatable bonds is 4. The zero-order valence-electron chi connectivity index (χ0n) is 9.22. The second-order valence-electron chi connectivity index (χ2n) is 3.23. The van der Waals surface area contributed by atoms with Crippen LogP contribution in [0.1, 0.15) is 17.7 Å². The maximum atomic E-state index is 12.7. The Morgan fingerprint density at radius 1 is 1.67 bits per heavy atom. The van der Waals surface area contributed by atoms with Gasteiger partial charge in [0.15, 0.2) is 0 Å². The summed E-state index contributed by atoms with van der Waals surface area (Å²) in [5.74, 6) is -0.824. The minimum absolute atomic E-state index is 0.406. The topological polar surface area (TPSA) is 108 Å². The first-order valence-electron chi connectivity index (χ1n) is 4.65. The van der Waals surface area contributed by atoms with Crippen molar-refractivity contribution in [1.82, 2.24) is 4.98 Å². The predicted octanol–water partition coefficient (Wildman–Crippen LogP) is 1.23. The lowest BCUT2D eigenvalue weighted by molar-refractivity contribution is -0.387. The monoisotopic (exact) mass is 261 g/mol. The minimum atomic E-state index is -3.13. The van der Waals surface area contributed by atoms with Gasteiger partial charge in [-0.25, -0.2) is 8.78 Å². The van der Waals surface area contributed by atoms with Crippen LogP contribution < -0.4 is 5.73 Å². The lowest BCUT2D eigenvalue weighted by atomic mass is 10.1. The highest BCUT2D eigenvalue weighted by molar-refractivity contribution is 5.74. The highest BCUT2D eigenvalue weighted by atomic mass is 19.3. The number of pyridine rings is 1. The summed E-state index contributed by atoms with van der Waals surface area (Å²) in [6.45, 7) is 0. The average molecular weight is 261 g/mol. The van der Waals surface area contributed by atoms with Gasteiger partial charge in [0.2, 0.25) is 0 Å². The first-order valence-corrected chi connectivity index (χ1v) is 4.65. The largest absolute Gasteiger partial charge is 0.469 e. The molecule has 98 valence electrons. The number of halogens is 2. The number of anilines is 1. The number of nitro groups is 1. The Kier molecular flexibility index (Phi) is 4.08. The first-order chi connectivity index (χ1) is 8.38. The molecule has 18 heavy (non-hydrogen) atoms. The molecule has 0 aliphatic heterocycles. The molecule has 2 N–H and O–H groups in total. The van der Waals surface area contributed by atoms with Gasteiger partial charge < -0.3 is 10.5 Å². The second-order valence-corrected chi connectivity index (χ2v) is 3.23. The summed E-state index contributed by atoms with van der Waals surface area (Å²) in [6, 6.07) is 0. The highest BCUT2D eigenvalue weighted by Gasteiger charge is 2.30. The summed E-state index contributed by atoms with van der Waals surface area (Å²) in [4.78, 5) is 24.3. The van der Waals surface area contributed by atoms with Crippen LogP contribution in [0.25, 0.3) is 0 Å². The van der Waals surface area contributed by atoms with Gasteiger partial charge in [-0.05, 0) is 0 Å². The summed E-state index contributed by atoms with van der Waals surface area (Å²) in [7, 11) is 1.07. The summed E-state index contributed by atoms with van der Waals surface area (Å²) >= 11 is 0. The summed E-state index contributed by atoms with van der Waals surface area (Å²) < 4.78 is 29.7. The Balaban J connectivity index is 3.39. The zero-order valence-corrected chi connectivity index (χ0v) is 9.22. The Bertz CT molecular complexity index is 493. The van der Waals surface area contributed by atoms with Crippen molar-refractivity contribution in [1.29, 1.82) is 0 Å². The Morgan fingerprint density at radius 3 is 2.72 bits per heavy atom. The number of nitrogens with two attached hydrogens (primary N) is 1. The van der Waals surface area contributed by atoms with E-state index in [4.69, 9.17) is 5.73 Å². The van der Waals surface area contributed by atoms with Crippen LogP contribution in [0, 0.1) is 10.1 Å². The molecular weight excluding hydrogens is 252 g/mol. The Hall–Kier alpha value is -2.32. The highest BCUT2D eigenvalue weighted by Crippen LogP contribution is 2.35. The molecule has 0 spiro atoms. The van der Waals surface area contributed by atoms with Crippen LogP contribution in [-0.4, -0.2) is 23.0 Å². The number of carbonyl (C=O) groups excluding carboxylic acids is 1. The molecule has 0 aliphatic rings. The number of nitrogen functional groups attached to an aromatic ring is 1. The van der Waals surface area contributed by atoms with Gasteiger partial charge in [0.25, 0.3) is 6.43 Å². The van der Waals surface area contributed by atoms with Gasteiger partial charge in [-0.15, -0.1) is 0 Å². The molecule has 9 heteroatoms. The molecule has 1 aromatic heterocycles. The van der Waals surface area contributed by atoms with Crippen molar-refractivity contribution in [2.24, 2.45) is 0 Å². The molecule has 0 bridgehead atoms. The van der Waals surface area contributed by atoms with Crippen molar-refractivity contribution < 1.29 is 23.2 Å². The molecule has 0 saturated heterocycles.